The van der Waals surface area contributed by atoms with Gasteiger partial charge in [-0.05, 0) is 25.2 Å². The number of rotatable bonds is 3. The van der Waals surface area contributed by atoms with E-state index in [2.05, 4.69) is 10.2 Å². The van der Waals surface area contributed by atoms with Crippen molar-refractivity contribution in [2.24, 2.45) is 11.8 Å². The lowest BCUT2D eigenvalue weighted by atomic mass is 10.00. The minimum absolute atomic E-state index is 0.0721. The van der Waals surface area contributed by atoms with Gasteiger partial charge in [0, 0.05) is 25.0 Å². The second-order valence-corrected chi connectivity index (χ2v) is 8.66. The molecule has 0 aromatic carbocycles. The van der Waals surface area contributed by atoms with E-state index in [1.807, 2.05) is 0 Å². The fourth-order valence-electron chi connectivity index (χ4n) is 3.84. The van der Waals surface area contributed by atoms with Crippen molar-refractivity contribution in [1.29, 1.82) is 0 Å². The van der Waals surface area contributed by atoms with E-state index < -0.39 is 9.84 Å². The van der Waals surface area contributed by atoms with Gasteiger partial charge in [-0.1, -0.05) is 0 Å². The maximum atomic E-state index is 12.0. The molecular weight excluding hydrogens is 280 g/mol. The van der Waals surface area contributed by atoms with Crippen LogP contribution < -0.4 is 5.32 Å². The maximum absolute atomic E-state index is 12.0. The summed E-state index contributed by atoms with van der Waals surface area (Å²) in [6.45, 7) is 1.97. The summed E-state index contributed by atoms with van der Waals surface area (Å²) in [5.41, 5.74) is 0. The second kappa shape index (κ2) is 5.27. The van der Waals surface area contributed by atoms with Gasteiger partial charge in [0.1, 0.15) is 0 Å². The lowest BCUT2D eigenvalue weighted by Gasteiger charge is -2.19. The molecule has 0 radical (unpaired) electrons. The third-order valence-corrected chi connectivity index (χ3v) is 6.63. The number of fused-ring (bicyclic) bond motifs is 1. The van der Waals surface area contributed by atoms with Crippen LogP contribution in [0.2, 0.25) is 0 Å². The molecule has 2 saturated heterocycles. The Morgan fingerprint density at radius 1 is 1.25 bits per heavy atom. The molecule has 2 N–H and O–H groups in total. The summed E-state index contributed by atoms with van der Waals surface area (Å²) >= 11 is 0. The first-order chi connectivity index (χ1) is 9.43. The predicted octanol–water partition coefficient (Wildman–Crippen LogP) is -1.01. The van der Waals surface area contributed by atoms with Gasteiger partial charge >= 0.3 is 0 Å². The first-order valence-corrected chi connectivity index (χ1v) is 9.15. The topological polar surface area (TPSA) is 86.7 Å². The molecule has 6 nitrogen and oxygen atoms in total. The highest BCUT2D eigenvalue weighted by Crippen LogP contribution is 2.37. The molecule has 0 aromatic heterocycles. The summed E-state index contributed by atoms with van der Waals surface area (Å²) in [4.78, 5) is 14.0. The SMILES string of the molecule is O=C(CN1CC2CCC(O)C2C1)NC1CCS(=O)(=O)C1. The lowest BCUT2D eigenvalue weighted by molar-refractivity contribution is -0.122. The fraction of sp³-hybridized carbons (Fsp3) is 0.923. The molecule has 1 saturated carbocycles. The Kier molecular flexibility index (Phi) is 3.77. The van der Waals surface area contributed by atoms with Crippen LogP contribution in [0.5, 0.6) is 0 Å². The van der Waals surface area contributed by atoms with Gasteiger partial charge in [0.2, 0.25) is 5.91 Å². The molecule has 0 spiro atoms. The molecule has 1 aliphatic carbocycles. The van der Waals surface area contributed by atoms with Crippen LogP contribution in [0, 0.1) is 11.8 Å². The van der Waals surface area contributed by atoms with Crippen LogP contribution in [0.25, 0.3) is 0 Å². The van der Waals surface area contributed by atoms with Crippen molar-refractivity contribution in [3.8, 4) is 0 Å². The molecule has 2 heterocycles. The standard InChI is InChI=1S/C13H22N2O4S/c16-12-2-1-9-5-15(6-11(9)12)7-13(17)14-10-3-4-20(18,19)8-10/h9-12,16H,1-8H2,(H,14,17). The highest BCUT2D eigenvalue weighted by atomic mass is 32.2. The molecule has 3 aliphatic rings. The van der Waals surface area contributed by atoms with E-state index in [0.717, 1.165) is 25.9 Å². The van der Waals surface area contributed by atoms with E-state index in [9.17, 15) is 18.3 Å². The van der Waals surface area contributed by atoms with E-state index in [1.54, 1.807) is 0 Å². The molecule has 4 unspecified atom stereocenters. The van der Waals surface area contributed by atoms with Crippen molar-refractivity contribution < 1.29 is 18.3 Å². The molecule has 7 heteroatoms. The molecule has 20 heavy (non-hydrogen) atoms. The van der Waals surface area contributed by atoms with Crippen molar-refractivity contribution in [1.82, 2.24) is 10.2 Å². The average molecular weight is 302 g/mol. The monoisotopic (exact) mass is 302 g/mol. The number of likely N-dealkylation sites (tertiary alicyclic amines) is 1. The number of nitrogens with zero attached hydrogens (tertiary/aromatic N) is 1. The quantitative estimate of drug-likeness (QED) is 0.698. The number of hydrogen-bond acceptors (Lipinski definition) is 5. The Morgan fingerprint density at radius 2 is 2.05 bits per heavy atom. The van der Waals surface area contributed by atoms with E-state index in [0.29, 0.717) is 24.8 Å². The number of aliphatic hydroxyl groups excluding tert-OH is 1. The zero-order valence-corrected chi connectivity index (χ0v) is 12.3. The van der Waals surface area contributed by atoms with Crippen LogP contribution in [0.1, 0.15) is 19.3 Å². The Hall–Kier alpha value is -0.660. The molecule has 1 amide bonds. The van der Waals surface area contributed by atoms with Crippen molar-refractivity contribution in [3.63, 3.8) is 0 Å². The highest BCUT2D eigenvalue weighted by Gasteiger charge is 2.42. The van der Waals surface area contributed by atoms with Crippen LogP contribution in [0.4, 0.5) is 0 Å². The summed E-state index contributed by atoms with van der Waals surface area (Å²) in [5.74, 6) is 0.988. The molecule has 3 rings (SSSR count). The van der Waals surface area contributed by atoms with Gasteiger partial charge in [-0.3, -0.25) is 9.69 Å². The van der Waals surface area contributed by atoms with Gasteiger partial charge < -0.3 is 10.4 Å². The first kappa shape index (κ1) is 14.3. The average Bonchev–Trinajstić information content (AvgIpc) is 2.97. The Morgan fingerprint density at radius 3 is 2.70 bits per heavy atom. The minimum atomic E-state index is -2.95. The number of hydrogen-bond donors (Lipinski definition) is 2. The fourth-order valence-corrected chi connectivity index (χ4v) is 5.52. The number of amides is 1. The van der Waals surface area contributed by atoms with Gasteiger partial charge in [0.25, 0.3) is 0 Å². The molecule has 0 aromatic rings. The molecule has 4 atom stereocenters. The summed E-state index contributed by atoms with van der Waals surface area (Å²) in [6, 6.07) is -0.222. The van der Waals surface area contributed by atoms with E-state index >= 15 is 0 Å². The number of nitrogens with one attached hydrogen (secondary N) is 1. The van der Waals surface area contributed by atoms with Crippen LogP contribution in [-0.2, 0) is 14.6 Å². The smallest absolute Gasteiger partial charge is 0.234 e. The predicted molar refractivity (Wildman–Crippen MR) is 73.9 cm³/mol. The number of carbonyl (C=O) groups excluding carboxylic acids is 1. The van der Waals surface area contributed by atoms with Gasteiger partial charge in [0.05, 0.1) is 24.2 Å². The Balaban J connectivity index is 1.46. The Bertz CT molecular complexity index is 493. The molecule has 0 bridgehead atoms. The zero-order valence-electron chi connectivity index (χ0n) is 11.5. The van der Waals surface area contributed by atoms with Gasteiger partial charge in [-0.15, -0.1) is 0 Å². The van der Waals surface area contributed by atoms with Gasteiger partial charge in [-0.2, -0.15) is 0 Å². The first-order valence-electron chi connectivity index (χ1n) is 7.33. The van der Waals surface area contributed by atoms with Gasteiger partial charge in [0.15, 0.2) is 9.84 Å². The minimum Gasteiger partial charge on any atom is -0.393 e. The highest BCUT2D eigenvalue weighted by molar-refractivity contribution is 7.91. The second-order valence-electron chi connectivity index (χ2n) is 6.43. The van der Waals surface area contributed by atoms with Crippen molar-refractivity contribution >= 4 is 15.7 Å². The normalized spacial score (nSPS) is 39.9. The van der Waals surface area contributed by atoms with Crippen molar-refractivity contribution in [3.05, 3.63) is 0 Å². The molecule has 114 valence electrons. The molecule has 3 fully saturated rings. The summed E-state index contributed by atoms with van der Waals surface area (Å²) in [5, 5.41) is 12.7. The molecular formula is C13H22N2O4S. The van der Waals surface area contributed by atoms with Crippen LogP contribution in [-0.4, -0.2) is 67.6 Å². The van der Waals surface area contributed by atoms with Crippen LogP contribution in [0.3, 0.4) is 0 Å². The third kappa shape index (κ3) is 2.99. The number of carbonyl (C=O) groups is 1. The van der Waals surface area contributed by atoms with Gasteiger partial charge in [-0.25, -0.2) is 8.42 Å². The van der Waals surface area contributed by atoms with Crippen molar-refractivity contribution in [2.75, 3.05) is 31.1 Å². The maximum Gasteiger partial charge on any atom is 0.234 e. The summed E-state index contributed by atoms with van der Waals surface area (Å²) < 4.78 is 22.7. The van der Waals surface area contributed by atoms with E-state index in [4.69, 9.17) is 0 Å². The molecule has 2 aliphatic heterocycles. The van der Waals surface area contributed by atoms with Crippen LogP contribution >= 0.6 is 0 Å². The third-order valence-electron chi connectivity index (χ3n) is 4.86. The lowest BCUT2D eigenvalue weighted by Crippen LogP contribution is -2.42. The van der Waals surface area contributed by atoms with E-state index in [1.165, 1.54) is 0 Å². The number of sulfone groups is 1. The summed E-state index contributed by atoms with van der Waals surface area (Å²) in [7, 11) is -2.95. The largest absolute Gasteiger partial charge is 0.393 e. The zero-order chi connectivity index (χ0) is 14.3. The summed E-state index contributed by atoms with van der Waals surface area (Å²) in [6.07, 6.45) is 2.24. The van der Waals surface area contributed by atoms with Crippen LogP contribution in [0.15, 0.2) is 0 Å². The van der Waals surface area contributed by atoms with E-state index in [-0.39, 0.29) is 29.6 Å². The van der Waals surface area contributed by atoms with Crippen molar-refractivity contribution in [2.45, 2.75) is 31.4 Å². The Labute approximate surface area is 119 Å². The number of aliphatic hydroxyl groups is 1.